The van der Waals surface area contributed by atoms with E-state index in [9.17, 15) is 13.5 Å². The third-order valence-electron chi connectivity index (χ3n) is 4.74. The van der Waals surface area contributed by atoms with E-state index in [2.05, 4.69) is 9.71 Å². The molecule has 3 rings (SSSR count). The first-order chi connectivity index (χ1) is 12.3. The normalized spacial score (nSPS) is 21.1. The number of rotatable bonds is 6. The van der Waals surface area contributed by atoms with Crippen LogP contribution in [0.3, 0.4) is 0 Å². The predicted octanol–water partition coefficient (Wildman–Crippen LogP) is 2.50. The number of hydrogen-bond donors (Lipinski definition) is 2. The van der Waals surface area contributed by atoms with Gasteiger partial charge in [-0.1, -0.05) is 12.1 Å². The minimum Gasteiger partial charge on any atom is -0.481 e. The first kappa shape index (κ1) is 18.8. The van der Waals surface area contributed by atoms with Crippen molar-refractivity contribution in [2.45, 2.75) is 43.7 Å². The zero-order valence-electron chi connectivity index (χ0n) is 15.1. The maximum absolute atomic E-state index is 13.0. The van der Waals surface area contributed by atoms with E-state index in [0.717, 1.165) is 16.7 Å². The fourth-order valence-electron chi connectivity index (χ4n) is 3.36. The Kier molecular flexibility index (Phi) is 5.32. The molecule has 0 saturated heterocycles. The van der Waals surface area contributed by atoms with E-state index in [-0.39, 0.29) is 16.9 Å². The molecule has 1 aromatic heterocycles. The Hall–Kier alpha value is -1.96. The number of nitrogens with one attached hydrogen (secondary N) is 1. The van der Waals surface area contributed by atoms with Crippen molar-refractivity contribution in [2.75, 3.05) is 7.11 Å². The SMILES string of the molecule is COc1ccc([C@H](NS(=O)(=O)c2cc(C)cc(C)c2)C2CC(O)C2)cn1. The highest BCUT2D eigenvalue weighted by Crippen LogP contribution is 2.39. The van der Waals surface area contributed by atoms with Crippen molar-refractivity contribution in [3.8, 4) is 5.88 Å². The molecule has 2 N–H and O–H groups in total. The third-order valence-corrected chi connectivity index (χ3v) is 6.16. The maximum Gasteiger partial charge on any atom is 0.241 e. The Labute approximate surface area is 154 Å². The lowest BCUT2D eigenvalue weighted by molar-refractivity contribution is 0.0279. The number of hydrogen-bond acceptors (Lipinski definition) is 5. The summed E-state index contributed by atoms with van der Waals surface area (Å²) in [5.41, 5.74) is 2.55. The minimum absolute atomic E-state index is 0.0286. The molecular formula is C19H24N2O4S. The van der Waals surface area contributed by atoms with Crippen LogP contribution >= 0.6 is 0 Å². The average molecular weight is 376 g/mol. The van der Waals surface area contributed by atoms with Gasteiger partial charge in [0.15, 0.2) is 0 Å². The number of methoxy groups -OCH3 is 1. The summed E-state index contributed by atoms with van der Waals surface area (Å²) < 4.78 is 33.8. The quantitative estimate of drug-likeness (QED) is 0.809. The summed E-state index contributed by atoms with van der Waals surface area (Å²) in [5.74, 6) is 0.499. The molecule has 1 aromatic carbocycles. The van der Waals surface area contributed by atoms with Crippen molar-refractivity contribution >= 4 is 10.0 Å². The van der Waals surface area contributed by atoms with E-state index in [4.69, 9.17) is 4.74 Å². The van der Waals surface area contributed by atoms with Gasteiger partial charge in [-0.05, 0) is 61.4 Å². The van der Waals surface area contributed by atoms with Crippen LogP contribution < -0.4 is 9.46 Å². The van der Waals surface area contributed by atoms with Crippen molar-refractivity contribution in [3.05, 3.63) is 53.2 Å². The number of aliphatic hydroxyl groups is 1. The van der Waals surface area contributed by atoms with E-state index in [0.29, 0.717) is 18.7 Å². The highest BCUT2D eigenvalue weighted by Gasteiger charge is 2.37. The molecule has 1 saturated carbocycles. The van der Waals surface area contributed by atoms with Crippen LogP contribution in [-0.4, -0.2) is 31.7 Å². The summed E-state index contributed by atoms with van der Waals surface area (Å²) in [6.07, 6.45) is 2.37. The van der Waals surface area contributed by atoms with Crippen LogP contribution in [0, 0.1) is 19.8 Å². The molecule has 140 valence electrons. The highest BCUT2D eigenvalue weighted by molar-refractivity contribution is 7.89. The van der Waals surface area contributed by atoms with E-state index < -0.39 is 16.1 Å². The summed E-state index contributed by atoms with van der Waals surface area (Å²) in [6.45, 7) is 3.75. The summed E-state index contributed by atoms with van der Waals surface area (Å²) in [5, 5.41) is 9.67. The van der Waals surface area contributed by atoms with Gasteiger partial charge < -0.3 is 9.84 Å². The standard InChI is InChI=1S/C19H24N2O4S/c1-12-6-13(2)8-17(7-12)26(23,24)21-19(15-9-16(22)10-15)14-4-5-18(25-3)20-11-14/h4-8,11,15-16,19,21-22H,9-10H2,1-3H3/t15?,16?,19-/m0/s1. The largest absolute Gasteiger partial charge is 0.481 e. The monoisotopic (exact) mass is 376 g/mol. The van der Waals surface area contributed by atoms with Crippen molar-refractivity contribution in [1.82, 2.24) is 9.71 Å². The van der Waals surface area contributed by atoms with Gasteiger partial charge in [-0.25, -0.2) is 18.1 Å². The van der Waals surface area contributed by atoms with Gasteiger partial charge in [0, 0.05) is 12.3 Å². The lowest BCUT2D eigenvalue weighted by Crippen LogP contribution is -2.41. The molecule has 0 aliphatic heterocycles. The first-order valence-corrected chi connectivity index (χ1v) is 10.1. The molecule has 0 radical (unpaired) electrons. The zero-order valence-corrected chi connectivity index (χ0v) is 16.0. The maximum atomic E-state index is 13.0. The van der Waals surface area contributed by atoms with E-state index in [1.165, 1.54) is 7.11 Å². The molecule has 1 aliphatic rings. The number of benzene rings is 1. The van der Waals surface area contributed by atoms with Gasteiger partial charge >= 0.3 is 0 Å². The number of sulfonamides is 1. The molecule has 0 bridgehead atoms. The second-order valence-corrected chi connectivity index (χ2v) is 8.66. The van der Waals surface area contributed by atoms with Gasteiger partial charge in [-0.15, -0.1) is 0 Å². The molecule has 0 spiro atoms. The van der Waals surface area contributed by atoms with Crippen molar-refractivity contribution in [1.29, 1.82) is 0 Å². The fourth-order valence-corrected chi connectivity index (χ4v) is 4.84. The van der Waals surface area contributed by atoms with Crippen LogP contribution in [-0.2, 0) is 10.0 Å². The summed E-state index contributed by atoms with van der Waals surface area (Å²) in [6, 6.07) is 8.34. The second kappa shape index (κ2) is 7.34. The van der Waals surface area contributed by atoms with Crippen molar-refractivity contribution < 1.29 is 18.3 Å². The predicted molar refractivity (Wildman–Crippen MR) is 98.5 cm³/mol. The van der Waals surface area contributed by atoms with Crippen LogP contribution in [0.2, 0.25) is 0 Å². The van der Waals surface area contributed by atoms with Gasteiger partial charge in [0.2, 0.25) is 15.9 Å². The molecular weight excluding hydrogens is 352 g/mol. The number of nitrogens with zero attached hydrogens (tertiary/aromatic N) is 1. The second-order valence-electron chi connectivity index (χ2n) is 6.94. The number of ether oxygens (including phenoxy) is 1. The molecule has 1 atom stereocenters. The topological polar surface area (TPSA) is 88.5 Å². The molecule has 0 unspecified atom stereocenters. The number of aromatic nitrogens is 1. The summed E-state index contributed by atoms with van der Waals surface area (Å²) in [4.78, 5) is 4.44. The molecule has 2 aromatic rings. The minimum atomic E-state index is -3.70. The number of aryl methyl sites for hydroxylation is 2. The van der Waals surface area contributed by atoms with E-state index in [1.54, 1.807) is 24.4 Å². The van der Waals surface area contributed by atoms with Gasteiger partial charge in [0.1, 0.15) is 0 Å². The van der Waals surface area contributed by atoms with Crippen LogP contribution in [0.4, 0.5) is 0 Å². The van der Waals surface area contributed by atoms with Gasteiger partial charge in [0.05, 0.1) is 24.2 Å². The lowest BCUT2D eigenvalue weighted by Gasteiger charge is -2.38. The Balaban J connectivity index is 1.91. The Morgan fingerprint density at radius 3 is 2.35 bits per heavy atom. The third kappa shape index (κ3) is 4.06. The molecule has 1 aliphatic carbocycles. The molecule has 1 heterocycles. The molecule has 26 heavy (non-hydrogen) atoms. The van der Waals surface area contributed by atoms with Crippen LogP contribution in [0.5, 0.6) is 5.88 Å². The summed E-state index contributed by atoms with van der Waals surface area (Å²) in [7, 11) is -2.17. The zero-order chi connectivity index (χ0) is 18.9. The fraction of sp³-hybridized carbons (Fsp3) is 0.421. The van der Waals surface area contributed by atoms with Crippen LogP contribution in [0.15, 0.2) is 41.4 Å². The first-order valence-electron chi connectivity index (χ1n) is 8.57. The Bertz CT molecular complexity index is 855. The lowest BCUT2D eigenvalue weighted by atomic mass is 9.76. The molecule has 1 fully saturated rings. The molecule has 6 nitrogen and oxygen atoms in total. The highest BCUT2D eigenvalue weighted by atomic mass is 32.2. The Morgan fingerprint density at radius 2 is 1.85 bits per heavy atom. The smallest absolute Gasteiger partial charge is 0.241 e. The van der Waals surface area contributed by atoms with Crippen molar-refractivity contribution in [3.63, 3.8) is 0 Å². The van der Waals surface area contributed by atoms with Crippen molar-refractivity contribution in [2.24, 2.45) is 5.92 Å². The van der Waals surface area contributed by atoms with Crippen LogP contribution in [0.1, 0.15) is 35.6 Å². The Morgan fingerprint density at radius 1 is 1.19 bits per heavy atom. The van der Waals surface area contributed by atoms with E-state index >= 15 is 0 Å². The molecule has 7 heteroatoms. The molecule has 0 amide bonds. The summed E-state index contributed by atoms with van der Waals surface area (Å²) >= 11 is 0. The van der Waals surface area contributed by atoms with E-state index in [1.807, 2.05) is 26.0 Å². The number of pyridine rings is 1. The van der Waals surface area contributed by atoms with Crippen LogP contribution in [0.25, 0.3) is 0 Å². The van der Waals surface area contributed by atoms with Gasteiger partial charge in [0.25, 0.3) is 0 Å². The number of aliphatic hydroxyl groups excluding tert-OH is 1. The van der Waals surface area contributed by atoms with Gasteiger partial charge in [-0.3, -0.25) is 0 Å². The average Bonchev–Trinajstić information content (AvgIpc) is 2.56. The van der Waals surface area contributed by atoms with Gasteiger partial charge in [-0.2, -0.15) is 0 Å².